The molecule has 2 aliphatic rings. The maximum Gasteiger partial charge on any atom is 0.322 e. The van der Waals surface area contributed by atoms with Gasteiger partial charge in [-0.3, -0.25) is 4.79 Å². The minimum atomic E-state index is -0.680. The van der Waals surface area contributed by atoms with Crippen molar-refractivity contribution in [2.45, 2.75) is 62.3 Å². The first-order valence-electron chi connectivity index (χ1n) is 10.8. The lowest BCUT2D eigenvalue weighted by Gasteiger charge is -2.42. The lowest BCUT2D eigenvalue weighted by molar-refractivity contribution is -0.143. The molecule has 5 nitrogen and oxygen atoms in total. The van der Waals surface area contributed by atoms with E-state index in [1.807, 2.05) is 25.3 Å². The zero-order valence-corrected chi connectivity index (χ0v) is 21.3. The third kappa shape index (κ3) is 5.64. The predicted octanol–water partition coefficient (Wildman–Crippen LogP) is 6.20. The topological polar surface area (TPSA) is 58.6 Å². The number of ether oxygens (including phenoxy) is 1. The highest BCUT2D eigenvalue weighted by Gasteiger charge is 2.40. The Morgan fingerprint density at radius 2 is 2.10 bits per heavy atom. The summed E-state index contributed by atoms with van der Waals surface area (Å²) in [5, 5.41) is 3.85. The normalized spacial score (nSPS) is 22.1. The summed E-state index contributed by atoms with van der Waals surface area (Å²) in [5.41, 5.74) is 3.79. The number of hydrogen-bond acceptors (Lipinski definition) is 3. The van der Waals surface area contributed by atoms with Crippen LogP contribution in [-0.2, 0) is 15.1 Å². The van der Waals surface area contributed by atoms with Crippen LogP contribution in [0.2, 0.25) is 5.02 Å². The molecule has 1 aliphatic heterocycles. The van der Waals surface area contributed by atoms with Crippen molar-refractivity contribution in [2.75, 3.05) is 13.2 Å². The van der Waals surface area contributed by atoms with E-state index in [1.165, 1.54) is 18.4 Å². The number of amides is 2. The largest absolute Gasteiger partial charge is 0.466 e. The summed E-state index contributed by atoms with van der Waals surface area (Å²) in [7, 11) is 0. The molecule has 1 aromatic carbocycles. The van der Waals surface area contributed by atoms with Crippen molar-refractivity contribution in [2.24, 2.45) is 0 Å². The number of hydrogen-bond donors (Lipinski definition) is 1. The zero-order chi connectivity index (χ0) is 22.6. The maximum absolute atomic E-state index is 12.9. The number of alkyl halides is 1. The molecule has 0 aromatic heterocycles. The van der Waals surface area contributed by atoms with Crippen LogP contribution in [0.25, 0.3) is 6.08 Å². The van der Waals surface area contributed by atoms with Gasteiger partial charge in [0.05, 0.1) is 18.6 Å². The van der Waals surface area contributed by atoms with Gasteiger partial charge in [0, 0.05) is 21.7 Å². The van der Waals surface area contributed by atoms with Crippen LogP contribution in [0.3, 0.4) is 0 Å². The second-order valence-electron chi connectivity index (χ2n) is 8.25. The van der Waals surface area contributed by atoms with Crippen LogP contribution in [0.4, 0.5) is 4.79 Å². The fourth-order valence-corrected chi connectivity index (χ4v) is 5.23. The molecule has 2 amide bonds. The average molecular weight is 557 g/mol. The molecule has 0 bridgehead atoms. The first kappa shape index (κ1) is 24.1. The summed E-state index contributed by atoms with van der Waals surface area (Å²) < 4.78 is 5.15. The molecule has 168 valence electrons. The monoisotopic (exact) mass is 556 g/mol. The number of benzene rings is 1. The molecule has 1 heterocycles. The smallest absolute Gasteiger partial charge is 0.322 e. The van der Waals surface area contributed by atoms with E-state index in [4.69, 9.17) is 16.3 Å². The third-order valence-electron chi connectivity index (χ3n) is 5.96. The van der Waals surface area contributed by atoms with Crippen LogP contribution in [0.1, 0.15) is 64.0 Å². The van der Waals surface area contributed by atoms with Gasteiger partial charge in [-0.05, 0) is 69.2 Å². The molecule has 1 unspecified atom stereocenters. The minimum Gasteiger partial charge on any atom is -0.466 e. The molecule has 1 saturated carbocycles. The van der Waals surface area contributed by atoms with Crippen molar-refractivity contribution < 1.29 is 14.3 Å². The Hall–Kier alpha value is -1.54. The van der Waals surface area contributed by atoms with E-state index < -0.39 is 5.54 Å². The summed E-state index contributed by atoms with van der Waals surface area (Å²) in [6.45, 7) is 6.48. The number of esters is 1. The number of carbonyl (C=O) groups is 2. The number of halogens is 2. The summed E-state index contributed by atoms with van der Waals surface area (Å²) in [6, 6.07) is 5.82. The average Bonchev–Trinajstić information content (AvgIpc) is 3.22. The highest BCUT2D eigenvalue weighted by molar-refractivity contribution is 14.1. The van der Waals surface area contributed by atoms with E-state index in [9.17, 15) is 9.59 Å². The number of nitrogens with one attached hydrogen (secondary N) is 1. The Morgan fingerprint density at radius 3 is 2.71 bits per heavy atom. The number of carbonyl (C=O) groups excluding carboxylic acids is 2. The second-order valence-corrected chi connectivity index (χ2v) is 10.5. The molecule has 3 rings (SSSR count). The van der Waals surface area contributed by atoms with Gasteiger partial charge in [0.15, 0.2) is 0 Å². The zero-order valence-electron chi connectivity index (χ0n) is 18.3. The third-order valence-corrected chi connectivity index (χ3v) is 6.96. The van der Waals surface area contributed by atoms with E-state index in [1.54, 1.807) is 11.8 Å². The quantitative estimate of drug-likeness (QED) is 0.247. The first-order valence-corrected chi connectivity index (χ1v) is 12.5. The van der Waals surface area contributed by atoms with Crippen LogP contribution >= 0.6 is 34.2 Å². The number of rotatable bonds is 7. The van der Waals surface area contributed by atoms with Gasteiger partial charge in [-0.25, -0.2) is 4.79 Å². The van der Waals surface area contributed by atoms with Crippen molar-refractivity contribution in [3.8, 4) is 0 Å². The standard InChI is InChI=1S/C24H30ClIN2O3/c1-4-31-22(29)11-12-28-15-20(16(2)26)24(3,27-23(28)30)19-10-9-18(21(25)14-19)13-17-7-5-6-8-17/h9-10,13-16H,4-8,11-12H2,1-3H3,(H,27,30)/t16?,24-/m0/s1. The van der Waals surface area contributed by atoms with Gasteiger partial charge in [-0.15, -0.1) is 0 Å². The number of nitrogens with zero attached hydrogens (tertiary/aromatic N) is 1. The van der Waals surface area contributed by atoms with Crippen molar-refractivity contribution >= 4 is 52.3 Å². The fourth-order valence-electron chi connectivity index (χ4n) is 4.21. The molecule has 1 aliphatic carbocycles. The minimum absolute atomic E-state index is 0.159. The molecule has 1 fully saturated rings. The molecule has 0 saturated heterocycles. The molecular weight excluding hydrogens is 527 g/mol. The molecule has 2 atom stereocenters. The summed E-state index contributed by atoms with van der Waals surface area (Å²) in [5.74, 6) is -0.306. The van der Waals surface area contributed by atoms with Gasteiger partial charge >= 0.3 is 12.0 Å². The van der Waals surface area contributed by atoms with Gasteiger partial charge in [-0.2, -0.15) is 0 Å². The van der Waals surface area contributed by atoms with Crippen LogP contribution < -0.4 is 5.32 Å². The van der Waals surface area contributed by atoms with Crippen molar-refractivity contribution in [3.05, 3.63) is 51.7 Å². The van der Waals surface area contributed by atoms with E-state index in [-0.39, 0.29) is 28.9 Å². The van der Waals surface area contributed by atoms with E-state index in [0.717, 1.165) is 29.5 Å². The van der Waals surface area contributed by atoms with Gasteiger partial charge in [0.25, 0.3) is 0 Å². The highest BCUT2D eigenvalue weighted by atomic mass is 127. The van der Waals surface area contributed by atoms with Gasteiger partial charge < -0.3 is 15.0 Å². The molecular formula is C24H30ClIN2O3. The molecule has 1 aromatic rings. The molecule has 0 spiro atoms. The Bertz CT molecular complexity index is 904. The van der Waals surface area contributed by atoms with Crippen LogP contribution in [0.15, 0.2) is 35.5 Å². The van der Waals surface area contributed by atoms with Gasteiger partial charge in [0.2, 0.25) is 0 Å². The Balaban J connectivity index is 1.88. The van der Waals surface area contributed by atoms with E-state index in [2.05, 4.69) is 47.0 Å². The molecule has 7 heteroatoms. The van der Waals surface area contributed by atoms with Crippen molar-refractivity contribution in [1.82, 2.24) is 10.2 Å². The lowest BCUT2D eigenvalue weighted by Crippen LogP contribution is -2.55. The van der Waals surface area contributed by atoms with Gasteiger partial charge in [0.1, 0.15) is 0 Å². The Kier molecular flexibility index (Phi) is 8.08. The molecule has 1 N–H and O–H groups in total. The van der Waals surface area contributed by atoms with Crippen LogP contribution in [-0.4, -0.2) is 34.0 Å². The lowest BCUT2D eigenvalue weighted by atomic mass is 9.81. The Labute approximate surface area is 203 Å². The van der Waals surface area contributed by atoms with E-state index >= 15 is 0 Å². The van der Waals surface area contributed by atoms with Crippen LogP contribution in [0, 0.1) is 0 Å². The van der Waals surface area contributed by atoms with Gasteiger partial charge in [-0.1, -0.05) is 58.0 Å². The van der Waals surface area contributed by atoms with Crippen LogP contribution in [0.5, 0.6) is 0 Å². The first-order chi connectivity index (χ1) is 14.7. The summed E-state index contributed by atoms with van der Waals surface area (Å²) >= 11 is 9.01. The Morgan fingerprint density at radius 1 is 1.39 bits per heavy atom. The molecule has 0 radical (unpaired) electrons. The maximum atomic E-state index is 12.9. The summed E-state index contributed by atoms with van der Waals surface area (Å²) in [4.78, 5) is 26.2. The number of urea groups is 1. The highest BCUT2D eigenvalue weighted by Crippen LogP contribution is 2.39. The summed E-state index contributed by atoms with van der Waals surface area (Å²) in [6.07, 6.45) is 9.03. The van der Waals surface area contributed by atoms with Crippen molar-refractivity contribution in [3.63, 3.8) is 0 Å². The second kappa shape index (κ2) is 10.4. The SMILES string of the molecule is CCOC(=O)CCN1C=C(C(C)I)[C@](C)(c2ccc(C=C3CCCC3)c(Cl)c2)NC1=O. The predicted molar refractivity (Wildman–Crippen MR) is 133 cm³/mol. The fraction of sp³-hybridized carbons (Fsp3) is 0.500. The number of allylic oxidation sites excluding steroid dienone is 1. The molecule has 31 heavy (non-hydrogen) atoms. The van der Waals surface area contributed by atoms with E-state index in [0.29, 0.717) is 11.6 Å². The van der Waals surface area contributed by atoms with Crippen molar-refractivity contribution in [1.29, 1.82) is 0 Å².